The Morgan fingerprint density at radius 3 is 0.705 bits per heavy atom. The van der Waals surface area contributed by atoms with Gasteiger partial charge in [0, 0.05) is 150 Å². The van der Waals surface area contributed by atoms with E-state index in [1.807, 2.05) is 89.6 Å². The number of allylic oxidation sites excluding steroid dienone is 7. The zero-order valence-corrected chi connectivity index (χ0v) is 88.1. The minimum absolute atomic E-state index is 0.00208. The van der Waals surface area contributed by atoms with Crippen molar-refractivity contribution in [2.75, 3.05) is 49.0 Å². The molecule has 740 valence electrons. The van der Waals surface area contributed by atoms with Crippen molar-refractivity contribution >= 4 is 74.6 Å². The summed E-state index contributed by atoms with van der Waals surface area (Å²) in [5.74, 6) is 6.22. The van der Waals surface area contributed by atoms with Crippen LogP contribution in [-0.4, -0.2) is 55.1 Å². The number of hydrogen-bond donors (Lipinski definition) is 0. The second-order valence-corrected chi connectivity index (χ2v) is 39.8. The molecule has 0 fully saturated rings. The Hall–Kier alpha value is -16.6. The largest absolute Gasteiger partial charge is 0.318 e. The molecule has 0 bridgehead atoms. The van der Waals surface area contributed by atoms with Crippen molar-refractivity contribution in [3.63, 3.8) is 0 Å². The number of aromatic nitrogens is 10. The summed E-state index contributed by atoms with van der Waals surface area (Å²) in [5.41, 5.74) is 32.5. The van der Waals surface area contributed by atoms with Gasteiger partial charge in [0.1, 0.15) is 59.9 Å². The van der Waals surface area contributed by atoms with Gasteiger partial charge >= 0.3 is 0 Å². The maximum absolute atomic E-state index is 4.50. The zero-order chi connectivity index (χ0) is 102. The molecule has 20 heteroatoms. The molecule has 0 aliphatic carbocycles. The number of nitrogens with zero attached hydrogens (tertiary/aromatic N) is 20. The highest BCUT2D eigenvalue weighted by atomic mass is 15.5. The second kappa shape index (κ2) is 43.3. The third kappa shape index (κ3) is 19.5. The van der Waals surface area contributed by atoms with E-state index in [4.69, 9.17) is 0 Å². The van der Waals surface area contributed by atoms with E-state index in [0.717, 1.165) is 34.8 Å². The van der Waals surface area contributed by atoms with E-state index in [9.17, 15) is 0 Å². The predicted octanol–water partition coefficient (Wildman–Crippen LogP) is 29.1. The van der Waals surface area contributed by atoms with E-state index in [1.165, 1.54) is 141 Å². The van der Waals surface area contributed by atoms with Gasteiger partial charge < -0.3 is 49.0 Å². The molecule has 5 aromatic heterocycles. The third-order valence-corrected chi connectivity index (χ3v) is 28.5. The smallest absolute Gasteiger partial charge is 0.138 e. The first-order valence-corrected chi connectivity index (χ1v) is 50.7. The fourth-order valence-corrected chi connectivity index (χ4v) is 22.2. The SMILES string of the molecule is CC1=C(C(C)C)N(c2ccccc2)C(c2c(C)cccc2C)N1c1ccnn1C.CC1=C(C(C)C)N(c2ccccc2)C(c2ccccc2)N1c1ccnn1C.CC1=C(c2ccccc2)N(c2ccccc2)C(C(C)(C)C)N1c1ccnn1C.CC1=C(c2ccccc2)N(c2ccccc2)C(c2c(C)cccc2C)N1c1ccnn1C.CC1=C(c2ccccc2)N(c2ccccc2)C(c2ccccc2)N1c1ccnn1C. The highest BCUT2D eigenvalue weighted by Crippen LogP contribution is 2.55. The van der Waals surface area contributed by atoms with Gasteiger partial charge in [-0.25, -0.2) is 0 Å². The zero-order valence-electron chi connectivity index (χ0n) is 88.1. The molecule has 10 heterocycles. The molecule has 146 heavy (non-hydrogen) atoms. The molecule has 0 saturated heterocycles. The van der Waals surface area contributed by atoms with E-state index in [1.54, 1.807) is 0 Å². The second-order valence-electron chi connectivity index (χ2n) is 39.8. The van der Waals surface area contributed by atoms with E-state index >= 15 is 0 Å². The molecule has 5 aliphatic rings. The summed E-state index contributed by atoms with van der Waals surface area (Å²) in [6.07, 6.45) is 9.54. The average molecular weight is 1930 g/mol. The lowest BCUT2D eigenvalue weighted by molar-refractivity contribution is 0.323. The van der Waals surface area contributed by atoms with Crippen LogP contribution < -0.4 is 49.0 Å². The molecule has 0 spiro atoms. The molecule has 0 radical (unpaired) electrons. The van der Waals surface area contributed by atoms with Crippen LogP contribution in [0.5, 0.6) is 0 Å². The molecule has 22 rings (SSSR count). The van der Waals surface area contributed by atoms with Gasteiger partial charge in [-0.2, -0.15) is 25.5 Å². The Balaban J connectivity index is 0.000000120. The molecule has 17 aromatic rings. The first-order chi connectivity index (χ1) is 70.7. The summed E-state index contributed by atoms with van der Waals surface area (Å²) in [5, 5.41) is 22.3. The van der Waals surface area contributed by atoms with E-state index < -0.39 is 0 Å². The molecule has 5 unspecified atom stereocenters. The Morgan fingerprint density at radius 2 is 0.425 bits per heavy atom. The summed E-state index contributed by atoms with van der Waals surface area (Å²) in [7, 11) is 10.0. The molecule has 20 nitrogen and oxygen atoms in total. The van der Waals surface area contributed by atoms with Crippen LogP contribution in [0, 0.1) is 44.9 Å². The molecule has 0 amide bonds. The lowest BCUT2D eigenvalue weighted by Gasteiger charge is -2.42. The van der Waals surface area contributed by atoms with Crippen molar-refractivity contribution in [2.24, 2.45) is 52.5 Å². The van der Waals surface area contributed by atoms with Crippen molar-refractivity contribution in [2.45, 2.75) is 142 Å². The maximum Gasteiger partial charge on any atom is 0.138 e. The minimum Gasteiger partial charge on any atom is -0.318 e. The van der Waals surface area contributed by atoms with E-state index in [-0.39, 0.29) is 36.2 Å². The number of aryl methyl sites for hydroxylation is 9. The van der Waals surface area contributed by atoms with E-state index in [0.29, 0.717) is 11.8 Å². The highest BCUT2D eigenvalue weighted by molar-refractivity contribution is 5.92. The number of hydrogen-bond acceptors (Lipinski definition) is 15. The molecule has 12 aromatic carbocycles. The van der Waals surface area contributed by atoms with Crippen molar-refractivity contribution in [1.29, 1.82) is 0 Å². The fraction of sp³-hybridized carbons (Fsp3) is 0.230. The summed E-state index contributed by atoms with van der Waals surface area (Å²) >= 11 is 0. The Bertz CT molecular complexity index is 7420. The van der Waals surface area contributed by atoms with Gasteiger partial charge in [-0.05, 0) is 185 Å². The summed E-state index contributed by atoms with van der Waals surface area (Å²) in [4.78, 5) is 24.5. The summed E-state index contributed by atoms with van der Waals surface area (Å²) in [6, 6.07) is 130. The van der Waals surface area contributed by atoms with Gasteiger partial charge in [0.15, 0.2) is 0 Å². The van der Waals surface area contributed by atoms with Crippen molar-refractivity contribution < 1.29 is 0 Å². The summed E-state index contributed by atoms with van der Waals surface area (Å²) in [6.45, 7) is 36.0. The molecule has 0 saturated carbocycles. The first kappa shape index (κ1) is 99.5. The van der Waals surface area contributed by atoms with Crippen LogP contribution in [-0.2, 0) is 35.2 Å². The first-order valence-electron chi connectivity index (χ1n) is 50.7. The molecular weight excluding hydrogens is 1790 g/mol. The Labute approximate surface area is 863 Å². The molecule has 5 atom stereocenters. The molecule has 5 aliphatic heterocycles. The van der Waals surface area contributed by atoms with Gasteiger partial charge in [-0.15, -0.1) is 0 Å². The number of benzene rings is 12. The lowest BCUT2D eigenvalue weighted by Crippen LogP contribution is -2.50. The topological polar surface area (TPSA) is 121 Å². The van der Waals surface area contributed by atoms with Crippen molar-refractivity contribution in [1.82, 2.24) is 48.9 Å². The fourth-order valence-electron chi connectivity index (χ4n) is 22.2. The van der Waals surface area contributed by atoms with Gasteiger partial charge in [-0.3, -0.25) is 23.4 Å². The number of rotatable bonds is 19. The summed E-state index contributed by atoms with van der Waals surface area (Å²) < 4.78 is 9.78. The van der Waals surface area contributed by atoms with Gasteiger partial charge in [-0.1, -0.05) is 328 Å². The number of para-hydroxylation sites is 5. The van der Waals surface area contributed by atoms with Crippen LogP contribution in [0.1, 0.15) is 169 Å². The predicted molar refractivity (Wildman–Crippen MR) is 604 cm³/mol. The third-order valence-electron chi connectivity index (χ3n) is 28.5. The van der Waals surface area contributed by atoms with Gasteiger partial charge in [0.2, 0.25) is 0 Å². The molecule has 0 N–H and O–H groups in total. The van der Waals surface area contributed by atoms with Crippen molar-refractivity contribution in [3.8, 4) is 0 Å². The van der Waals surface area contributed by atoms with Crippen LogP contribution >= 0.6 is 0 Å². The van der Waals surface area contributed by atoms with Crippen LogP contribution in [0.15, 0.2) is 441 Å². The molecular formula is C126H136N20. The highest BCUT2D eigenvalue weighted by Gasteiger charge is 2.49. The maximum atomic E-state index is 4.50. The van der Waals surface area contributed by atoms with Crippen LogP contribution in [0.4, 0.5) is 57.5 Å². The Morgan fingerprint density at radius 1 is 0.212 bits per heavy atom. The lowest BCUT2D eigenvalue weighted by atomic mass is 9.90. The van der Waals surface area contributed by atoms with Crippen LogP contribution in [0.2, 0.25) is 0 Å². The number of anilines is 10. The van der Waals surface area contributed by atoms with Gasteiger partial charge in [0.05, 0.1) is 48.1 Å². The standard InChI is InChI=1S/C28H28N4.C26H24N4.C25H30N4.C24H28N4.C23H26N4/c1-20-12-11-13-21(2)26(20)28-31(25-18-19-29-30(25)4)22(3)27(23-14-7-5-8-15-23)32(28)24-16-9-6-10-17-24;1-20-25(21-12-6-3-7-13-21)30(23-16-10-5-11-17-23)26(22-14-8-4-9-15-22)29(20)24-18-19-27-28(24)2;1-17(2)24-20(5)28(22-15-16-26-27(22)6)25(23-18(3)11-10-12-19(23)4)29(24)21-13-8-7-9-14-21;1-18-22(19-12-8-6-9-13-19)28(20-14-10-7-11-15-20)23(24(2,3)4)27(18)21-16-17-25-26(21)5;1-17(2)22-18(3)26(21-15-16-24-25(21)4)23(19-11-7-5-8-12-19)27(22)20-13-9-6-10-14-20/h5-19,28H,1-4H3;3-19,26H,1-2H3;7-17,25H,1-6H3;6-17,23H,1-5H3;5-17,23H,1-4H3. The van der Waals surface area contributed by atoms with Crippen LogP contribution in [0.3, 0.4) is 0 Å². The quantitative estimate of drug-likeness (QED) is 0.0763. The average Bonchev–Trinajstić information content (AvgIpc) is 1.58. The normalized spacial score (nSPS) is 16.9. The van der Waals surface area contributed by atoms with Crippen molar-refractivity contribution in [3.05, 3.63) is 502 Å². The minimum atomic E-state index is -0.0239. The Kier molecular flexibility index (Phi) is 29.5. The van der Waals surface area contributed by atoms with Gasteiger partial charge in [0.25, 0.3) is 0 Å². The monoisotopic (exact) mass is 1930 g/mol. The van der Waals surface area contributed by atoms with Crippen LogP contribution in [0.25, 0.3) is 17.1 Å². The van der Waals surface area contributed by atoms with E-state index in [2.05, 4.69) is 555 Å².